The highest BCUT2D eigenvalue weighted by Crippen LogP contribution is 2.18. The second-order valence-corrected chi connectivity index (χ2v) is 6.60. The van der Waals surface area contributed by atoms with Gasteiger partial charge in [0.15, 0.2) is 12.4 Å². The minimum absolute atomic E-state index is 0.0540. The largest absolute Gasteiger partial charge is 0.463 e. The Labute approximate surface area is 183 Å². The van der Waals surface area contributed by atoms with Gasteiger partial charge in [0.25, 0.3) is 0 Å². The van der Waals surface area contributed by atoms with E-state index in [0.717, 1.165) is 0 Å². The number of benzene rings is 1. The maximum atomic E-state index is 14.2. The molecule has 0 aliphatic carbocycles. The van der Waals surface area contributed by atoms with Crippen LogP contribution in [0.3, 0.4) is 0 Å². The summed E-state index contributed by atoms with van der Waals surface area (Å²) in [5.74, 6) is 5.53. The minimum atomic E-state index is -0.385. The molecule has 1 aromatic carbocycles. The summed E-state index contributed by atoms with van der Waals surface area (Å²) < 4.78 is 19.5. The Kier molecular flexibility index (Phi) is 7.73. The second-order valence-electron chi connectivity index (χ2n) is 6.33. The molecule has 0 unspecified atom stereocenters. The number of hydrogen-bond donors (Lipinski definition) is 2. The average molecular weight is 440 g/mol. The molecule has 0 saturated carbocycles. The van der Waals surface area contributed by atoms with Crippen molar-refractivity contribution in [2.75, 3.05) is 23.5 Å². The van der Waals surface area contributed by atoms with Crippen LogP contribution < -0.4 is 15.8 Å². The standard InChI is InChI=1S/C22H19ClFN5O2/c23-7-1-2-9-31-21-14-28-19(13-29-21)20(30)11-15-5-6-17(24)16(10-15)12-27-18-4-3-8-26-22(18)25/h3-6,8,10,13-14,27H,7,9,11-12H2,(H2,25,26). The molecule has 0 amide bonds. The molecule has 0 aliphatic heterocycles. The van der Waals surface area contributed by atoms with Gasteiger partial charge in [-0.05, 0) is 23.8 Å². The van der Waals surface area contributed by atoms with Crippen molar-refractivity contribution in [3.8, 4) is 17.7 Å². The number of ether oxygens (including phenoxy) is 1. The molecule has 0 atom stereocenters. The van der Waals surface area contributed by atoms with Crippen molar-refractivity contribution in [1.29, 1.82) is 0 Å². The van der Waals surface area contributed by atoms with Crippen LogP contribution in [-0.2, 0) is 13.0 Å². The number of rotatable bonds is 8. The van der Waals surface area contributed by atoms with Crippen LogP contribution in [0.1, 0.15) is 21.6 Å². The van der Waals surface area contributed by atoms with E-state index in [0.29, 0.717) is 22.6 Å². The van der Waals surface area contributed by atoms with Crippen molar-refractivity contribution in [3.63, 3.8) is 0 Å². The molecule has 0 fully saturated rings. The molecule has 158 valence electrons. The zero-order valence-electron chi connectivity index (χ0n) is 16.4. The van der Waals surface area contributed by atoms with Gasteiger partial charge in [0, 0.05) is 24.7 Å². The maximum absolute atomic E-state index is 14.2. The van der Waals surface area contributed by atoms with E-state index < -0.39 is 0 Å². The predicted molar refractivity (Wildman–Crippen MR) is 116 cm³/mol. The Morgan fingerprint density at radius 3 is 2.81 bits per heavy atom. The molecular formula is C22H19ClFN5O2. The Morgan fingerprint density at radius 2 is 2.06 bits per heavy atom. The Bertz CT molecular complexity index is 1110. The summed E-state index contributed by atoms with van der Waals surface area (Å²) in [4.78, 5) is 24.6. The van der Waals surface area contributed by atoms with E-state index in [1.807, 2.05) is 0 Å². The number of nitrogen functional groups attached to an aromatic ring is 1. The number of aromatic nitrogens is 3. The highest BCUT2D eigenvalue weighted by atomic mass is 35.5. The lowest BCUT2D eigenvalue weighted by Crippen LogP contribution is -2.09. The van der Waals surface area contributed by atoms with Gasteiger partial charge in [0.2, 0.25) is 5.88 Å². The van der Waals surface area contributed by atoms with E-state index >= 15 is 0 Å². The number of alkyl halides is 1. The summed E-state index contributed by atoms with van der Waals surface area (Å²) in [6, 6.07) is 8.01. The summed E-state index contributed by atoms with van der Waals surface area (Å²) in [6.07, 6.45) is 4.32. The van der Waals surface area contributed by atoms with Crippen LogP contribution in [0.5, 0.6) is 5.88 Å². The smallest absolute Gasteiger partial charge is 0.233 e. The number of ketones is 1. The molecule has 0 bridgehead atoms. The van der Waals surface area contributed by atoms with Crippen molar-refractivity contribution in [1.82, 2.24) is 15.0 Å². The number of halogens is 2. The molecule has 0 radical (unpaired) electrons. The molecule has 3 aromatic rings. The van der Waals surface area contributed by atoms with E-state index in [1.54, 1.807) is 30.5 Å². The fraction of sp³-hybridized carbons (Fsp3) is 0.182. The minimum Gasteiger partial charge on any atom is -0.463 e. The van der Waals surface area contributed by atoms with E-state index in [4.69, 9.17) is 22.1 Å². The van der Waals surface area contributed by atoms with Crippen molar-refractivity contribution in [2.45, 2.75) is 13.0 Å². The number of hydrogen-bond acceptors (Lipinski definition) is 7. The molecule has 9 heteroatoms. The molecule has 3 N–H and O–H groups in total. The van der Waals surface area contributed by atoms with E-state index in [9.17, 15) is 9.18 Å². The molecular weight excluding hydrogens is 421 g/mol. The predicted octanol–water partition coefficient (Wildman–Crippen LogP) is 3.25. The van der Waals surface area contributed by atoms with Gasteiger partial charge in [-0.1, -0.05) is 24.0 Å². The first-order chi connectivity index (χ1) is 15.1. The van der Waals surface area contributed by atoms with Crippen LogP contribution in [0.25, 0.3) is 0 Å². The van der Waals surface area contributed by atoms with Gasteiger partial charge in [-0.25, -0.2) is 19.3 Å². The summed E-state index contributed by atoms with van der Waals surface area (Å²) in [5.41, 5.74) is 7.64. The first-order valence-corrected chi connectivity index (χ1v) is 9.81. The van der Waals surface area contributed by atoms with Crippen molar-refractivity contribution >= 4 is 28.9 Å². The van der Waals surface area contributed by atoms with Crippen molar-refractivity contribution in [2.24, 2.45) is 0 Å². The molecule has 0 aliphatic rings. The van der Waals surface area contributed by atoms with Crippen molar-refractivity contribution in [3.05, 3.63) is 71.6 Å². The van der Waals surface area contributed by atoms with Gasteiger partial charge in [-0.15, -0.1) is 11.6 Å². The lowest BCUT2D eigenvalue weighted by Gasteiger charge is -2.10. The monoisotopic (exact) mass is 439 g/mol. The zero-order chi connectivity index (χ0) is 22.1. The SMILES string of the molecule is Nc1ncccc1NCc1cc(CC(=O)c2cnc(OCC#CCCl)cn2)ccc1F. The number of Topliss-reactive ketones (excluding diaryl/α,β-unsaturated/α-hetero) is 1. The van der Waals surface area contributed by atoms with Gasteiger partial charge in [-0.2, -0.15) is 0 Å². The zero-order valence-corrected chi connectivity index (χ0v) is 17.2. The fourth-order valence-electron chi connectivity index (χ4n) is 2.65. The fourth-order valence-corrected chi connectivity index (χ4v) is 2.74. The van der Waals surface area contributed by atoms with Gasteiger partial charge in [0.1, 0.15) is 17.3 Å². The lowest BCUT2D eigenvalue weighted by molar-refractivity contribution is 0.0987. The summed E-state index contributed by atoms with van der Waals surface area (Å²) in [5, 5.41) is 3.05. The van der Waals surface area contributed by atoms with Gasteiger partial charge >= 0.3 is 0 Å². The average Bonchev–Trinajstić information content (AvgIpc) is 2.78. The second kappa shape index (κ2) is 10.9. The van der Waals surface area contributed by atoms with Crippen molar-refractivity contribution < 1.29 is 13.9 Å². The number of nitrogens with one attached hydrogen (secondary N) is 1. The van der Waals surface area contributed by atoms with Gasteiger partial charge < -0.3 is 15.8 Å². The summed E-state index contributed by atoms with van der Waals surface area (Å²) in [7, 11) is 0. The number of carbonyl (C=O) groups excluding carboxylic acids is 1. The maximum Gasteiger partial charge on any atom is 0.233 e. The molecule has 2 aromatic heterocycles. The third-order valence-electron chi connectivity index (χ3n) is 4.18. The van der Waals surface area contributed by atoms with Crippen LogP contribution in [0, 0.1) is 17.7 Å². The number of pyridine rings is 1. The van der Waals surface area contributed by atoms with E-state index in [2.05, 4.69) is 32.1 Å². The molecule has 31 heavy (non-hydrogen) atoms. The third kappa shape index (κ3) is 6.39. The van der Waals surface area contributed by atoms with E-state index in [-0.39, 0.29) is 48.6 Å². The molecule has 7 nitrogen and oxygen atoms in total. The Morgan fingerprint density at radius 1 is 1.19 bits per heavy atom. The van der Waals surface area contributed by atoms with Crippen LogP contribution >= 0.6 is 11.6 Å². The highest BCUT2D eigenvalue weighted by molar-refractivity contribution is 6.19. The molecule has 3 rings (SSSR count). The number of nitrogens with zero attached hydrogens (tertiary/aromatic N) is 3. The Hall–Kier alpha value is -3.70. The number of carbonyl (C=O) groups is 1. The molecule has 0 spiro atoms. The highest BCUT2D eigenvalue weighted by Gasteiger charge is 2.12. The first kappa shape index (κ1) is 22.0. The topological polar surface area (TPSA) is 103 Å². The van der Waals surface area contributed by atoms with Gasteiger partial charge in [0.05, 0.1) is 24.0 Å². The van der Waals surface area contributed by atoms with Gasteiger partial charge in [-0.3, -0.25) is 4.79 Å². The van der Waals surface area contributed by atoms with Crippen LogP contribution in [0.4, 0.5) is 15.9 Å². The van der Waals surface area contributed by atoms with Crippen LogP contribution in [0.2, 0.25) is 0 Å². The molecule has 0 saturated heterocycles. The van der Waals surface area contributed by atoms with Crippen LogP contribution in [-0.4, -0.2) is 33.2 Å². The first-order valence-electron chi connectivity index (χ1n) is 9.28. The molecule has 2 heterocycles. The summed E-state index contributed by atoms with van der Waals surface area (Å²) in [6.45, 7) is 0.327. The summed E-state index contributed by atoms with van der Waals surface area (Å²) >= 11 is 5.45. The number of nitrogens with two attached hydrogens (primary N) is 1. The Balaban J connectivity index is 1.62. The quantitative estimate of drug-likeness (QED) is 0.315. The van der Waals surface area contributed by atoms with E-state index in [1.165, 1.54) is 18.5 Å². The lowest BCUT2D eigenvalue weighted by atomic mass is 10.0. The number of anilines is 2. The third-order valence-corrected chi connectivity index (χ3v) is 4.31. The normalized spacial score (nSPS) is 10.1. The van der Waals surface area contributed by atoms with Crippen LogP contribution in [0.15, 0.2) is 48.9 Å².